The maximum absolute atomic E-state index is 13.8. The summed E-state index contributed by atoms with van der Waals surface area (Å²) in [4.78, 5) is 0.489. The average Bonchev–Trinajstić information content (AvgIpc) is 2.60. The summed E-state index contributed by atoms with van der Waals surface area (Å²) >= 11 is 1.30. The Labute approximate surface area is 109 Å². The minimum atomic E-state index is -0.383. The molecule has 1 heterocycles. The molecule has 0 saturated heterocycles. The first-order valence-corrected chi connectivity index (χ1v) is 6.11. The largest absolute Gasteiger partial charge is 0.384 e. The Morgan fingerprint density at radius 3 is 2.67 bits per heavy atom. The molecule has 1 aromatic carbocycles. The van der Waals surface area contributed by atoms with Gasteiger partial charge in [0.1, 0.15) is 11.7 Å². The van der Waals surface area contributed by atoms with Crippen molar-refractivity contribution in [1.29, 1.82) is 5.41 Å². The van der Waals surface area contributed by atoms with Gasteiger partial charge in [-0.05, 0) is 31.2 Å². The third-order valence-corrected chi connectivity index (χ3v) is 3.56. The zero-order valence-electron chi connectivity index (χ0n) is 10.1. The molecule has 4 nitrogen and oxygen atoms in total. The van der Waals surface area contributed by atoms with E-state index in [0.29, 0.717) is 10.5 Å². The minimum absolute atomic E-state index is 0.137. The molecule has 2 aromatic rings. The number of aromatic nitrogens is 2. The van der Waals surface area contributed by atoms with Crippen LogP contribution in [0.2, 0.25) is 0 Å². The van der Waals surface area contributed by atoms with Crippen molar-refractivity contribution in [3.05, 3.63) is 41.3 Å². The second-order valence-corrected chi connectivity index (χ2v) is 4.97. The number of rotatable bonds is 3. The van der Waals surface area contributed by atoms with Crippen LogP contribution in [0.5, 0.6) is 0 Å². The molecule has 6 heteroatoms. The Hall–Kier alpha value is -1.82. The first kappa shape index (κ1) is 12.6. The van der Waals surface area contributed by atoms with Crippen LogP contribution in [0.4, 0.5) is 4.39 Å². The van der Waals surface area contributed by atoms with Gasteiger partial charge in [0.15, 0.2) is 0 Å². The molecule has 2 rings (SSSR count). The number of aryl methyl sites for hydroxylation is 2. The highest BCUT2D eigenvalue weighted by Crippen LogP contribution is 2.30. The molecule has 0 radical (unpaired) electrons. The van der Waals surface area contributed by atoms with E-state index in [1.807, 2.05) is 20.0 Å². The molecule has 94 valence electrons. The van der Waals surface area contributed by atoms with Gasteiger partial charge in [-0.2, -0.15) is 5.10 Å². The number of benzene rings is 1. The number of hydrogen-bond acceptors (Lipinski definition) is 3. The minimum Gasteiger partial charge on any atom is -0.384 e. The Bertz CT molecular complexity index is 606. The summed E-state index contributed by atoms with van der Waals surface area (Å²) in [7, 11) is 1.82. The van der Waals surface area contributed by atoms with Crippen LogP contribution in [0.25, 0.3) is 0 Å². The molecule has 0 bridgehead atoms. The van der Waals surface area contributed by atoms with Crippen LogP contribution in [0.15, 0.2) is 34.2 Å². The van der Waals surface area contributed by atoms with E-state index in [9.17, 15) is 4.39 Å². The second kappa shape index (κ2) is 4.81. The first-order valence-electron chi connectivity index (χ1n) is 5.30. The summed E-state index contributed by atoms with van der Waals surface area (Å²) in [6, 6.07) is 6.42. The third-order valence-electron chi connectivity index (χ3n) is 2.42. The highest BCUT2D eigenvalue weighted by atomic mass is 32.2. The molecule has 0 aliphatic carbocycles. The van der Waals surface area contributed by atoms with Gasteiger partial charge < -0.3 is 5.73 Å². The maximum Gasteiger partial charge on any atom is 0.137 e. The van der Waals surface area contributed by atoms with Gasteiger partial charge in [0.25, 0.3) is 0 Å². The number of nitrogens with zero attached hydrogens (tertiary/aromatic N) is 2. The Balaban J connectivity index is 2.30. The van der Waals surface area contributed by atoms with Gasteiger partial charge in [-0.15, -0.1) is 0 Å². The fraction of sp³-hybridized carbons (Fsp3) is 0.167. The predicted octanol–water partition coefficient (Wildman–Crippen LogP) is 2.30. The molecular formula is C12H13FN4S. The molecule has 0 atom stereocenters. The quantitative estimate of drug-likeness (QED) is 0.660. The summed E-state index contributed by atoms with van der Waals surface area (Å²) in [5.74, 6) is -0.520. The summed E-state index contributed by atoms with van der Waals surface area (Å²) in [5.41, 5.74) is 6.59. The number of nitrogens with two attached hydrogens (primary N) is 1. The van der Waals surface area contributed by atoms with Crippen LogP contribution in [0, 0.1) is 18.2 Å². The molecule has 0 aliphatic heterocycles. The molecule has 0 aliphatic rings. The number of nitrogen functional groups attached to an aromatic ring is 1. The van der Waals surface area contributed by atoms with Gasteiger partial charge in [-0.3, -0.25) is 10.1 Å². The summed E-state index contributed by atoms with van der Waals surface area (Å²) in [5, 5.41) is 12.3. The number of hydrogen-bond donors (Lipinski definition) is 2. The summed E-state index contributed by atoms with van der Waals surface area (Å²) in [6.45, 7) is 1.89. The molecule has 0 amide bonds. The zero-order chi connectivity index (χ0) is 13.3. The highest BCUT2D eigenvalue weighted by molar-refractivity contribution is 7.99. The lowest BCUT2D eigenvalue weighted by Crippen LogP contribution is -2.11. The monoisotopic (exact) mass is 264 g/mol. The van der Waals surface area contributed by atoms with Gasteiger partial charge in [0, 0.05) is 17.5 Å². The molecule has 3 N–H and O–H groups in total. The summed E-state index contributed by atoms with van der Waals surface area (Å²) in [6.07, 6.45) is 0. The third kappa shape index (κ3) is 2.53. The van der Waals surface area contributed by atoms with Crippen molar-refractivity contribution < 1.29 is 4.39 Å². The smallest absolute Gasteiger partial charge is 0.137 e. The molecule has 0 spiro atoms. The van der Waals surface area contributed by atoms with Crippen molar-refractivity contribution in [1.82, 2.24) is 9.78 Å². The number of halogens is 1. The van der Waals surface area contributed by atoms with Gasteiger partial charge in [0.2, 0.25) is 0 Å². The Kier molecular flexibility index (Phi) is 3.38. The number of nitrogens with one attached hydrogen (secondary N) is 1. The summed E-state index contributed by atoms with van der Waals surface area (Å²) < 4.78 is 15.5. The van der Waals surface area contributed by atoms with Gasteiger partial charge >= 0.3 is 0 Å². The van der Waals surface area contributed by atoms with Gasteiger partial charge in [-0.25, -0.2) is 4.39 Å². The lowest BCUT2D eigenvalue weighted by atomic mass is 10.2. The lowest BCUT2D eigenvalue weighted by molar-refractivity contribution is 0.600. The molecule has 0 unspecified atom stereocenters. The number of amidine groups is 1. The van der Waals surface area contributed by atoms with E-state index in [0.717, 1.165) is 10.7 Å². The lowest BCUT2D eigenvalue weighted by Gasteiger charge is -2.05. The average molecular weight is 264 g/mol. The van der Waals surface area contributed by atoms with Crippen molar-refractivity contribution in [3.63, 3.8) is 0 Å². The van der Waals surface area contributed by atoms with E-state index in [2.05, 4.69) is 5.10 Å². The topological polar surface area (TPSA) is 67.7 Å². The molecule has 1 aromatic heterocycles. The van der Waals surface area contributed by atoms with Crippen molar-refractivity contribution in [3.8, 4) is 0 Å². The van der Waals surface area contributed by atoms with Crippen LogP contribution < -0.4 is 5.73 Å². The zero-order valence-corrected chi connectivity index (χ0v) is 10.9. The van der Waals surface area contributed by atoms with Crippen molar-refractivity contribution in [2.24, 2.45) is 12.8 Å². The van der Waals surface area contributed by atoms with E-state index in [4.69, 9.17) is 11.1 Å². The van der Waals surface area contributed by atoms with Crippen LogP contribution in [0.3, 0.4) is 0 Å². The van der Waals surface area contributed by atoms with Crippen LogP contribution in [-0.4, -0.2) is 15.6 Å². The molecular weight excluding hydrogens is 251 g/mol. The molecule has 0 saturated carbocycles. The highest BCUT2D eigenvalue weighted by Gasteiger charge is 2.10. The molecule has 18 heavy (non-hydrogen) atoms. The van der Waals surface area contributed by atoms with E-state index in [1.54, 1.807) is 16.8 Å². The van der Waals surface area contributed by atoms with Crippen molar-refractivity contribution in [2.45, 2.75) is 16.8 Å². The first-order chi connectivity index (χ1) is 8.47. The van der Waals surface area contributed by atoms with Gasteiger partial charge in [-0.1, -0.05) is 11.8 Å². The fourth-order valence-corrected chi connectivity index (χ4v) is 2.47. The molecule has 0 fully saturated rings. The Morgan fingerprint density at radius 2 is 2.17 bits per heavy atom. The van der Waals surface area contributed by atoms with E-state index >= 15 is 0 Å². The Morgan fingerprint density at radius 1 is 1.44 bits per heavy atom. The van der Waals surface area contributed by atoms with E-state index in [-0.39, 0.29) is 11.7 Å². The van der Waals surface area contributed by atoms with Crippen LogP contribution in [-0.2, 0) is 7.05 Å². The van der Waals surface area contributed by atoms with Crippen molar-refractivity contribution in [2.75, 3.05) is 0 Å². The normalized spacial score (nSPS) is 10.6. The van der Waals surface area contributed by atoms with Crippen LogP contribution >= 0.6 is 11.8 Å². The van der Waals surface area contributed by atoms with Crippen LogP contribution in [0.1, 0.15) is 11.3 Å². The maximum atomic E-state index is 13.8. The second-order valence-electron chi connectivity index (χ2n) is 3.91. The fourth-order valence-electron chi connectivity index (χ4n) is 1.55. The standard InChI is InChI=1S/C12H13FN4S/c1-7-5-11(17(2)16-7)18-10-4-3-8(12(14)15)6-9(10)13/h3-6H,1-2H3,(H3,14,15). The van der Waals surface area contributed by atoms with Gasteiger partial charge in [0.05, 0.1) is 10.7 Å². The van der Waals surface area contributed by atoms with E-state index in [1.165, 1.54) is 17.8 Å². The van der Waals surface area contributed by atoms with Crippen molar-refractivity contribution >= 4 is 17.6 Å². The SMILES string of the molecule is Cc1cc(Sc2ccc(C(=N)N)cc2F)n(C)n1. The predicted molar refractivity (Wildman–Crippen MR) is 69.5 cm³/mol. The van der Waals surface area contributed by atoms with E-state index < -0.39 is 0 Å².